The lowest BCUT2D eigenvalue weighted by Gasteiger charge is -2.05. The second-order valence-electron chi connectivity index (χ2n) is 8.22. The van der Waals surface area contributed by atoms with Crippen LogP contribution in [0.5, 0.6) is 0 Å². The maximum absolute atomic E-state index is 12.6. The van der Waals surface area contributed by atoms with E-state index in [2.05, 4.69) is 34.9 Å². The molecule has 5 aromatic rings. The van der Waals surface area contributed by atoms with Crippen molar-refractivity contribution in [3.05, 3.63) is 88.4 Å². The van der Waals surface area contributed by atoms with Gasteiger partial charge in [-0.2, -0.15) is 0 Å². The normalized spacial score (nSPS) is 11.1. The predicted octanol–water partition coefficient (Wildman–Crippen LogP) is 6.72. The van der Waals surface area contributed by atoms with E-state index < -0.39 is 0 Å². The van der Waals surface area contributed by atoms with Crippen molar-refractivity contribution in [2.75, 3.05) is 5.32 Å². The number of nitrogens with zero attached hydrogens (tertiary/aromatic N) is 2. The first-order valence-electron chi connectivity index (χ1n) is 10.8. The fourth-order valence-electron chi connectivity index (χ4n) is 3.80. The van der Waals surface area contributed by atoms with E-state index in [0.29, 0.717) is 11.3 Å². The quantitative estimate of drug-likeness (QED) is 0.321. The number of thiazole rings is 1. The second kappa shape index (κ2) is 8.64. The van der Waals surface area contributed by atoms with E-state index in [0.717, 1.165) is 44.0 Å². The van der Waals surface area contributed by atoms with Crippen LogP contribution in [0, 0.1) is 20.8 Å². The van der Waals surface area contributed by atoms with Gasteiger partial charge < -0.3 is 9.84 Å². The van der Waals surface area contributed by atoms with Gasteiger partial charge in [0.1, 0.15) is 10.7 Å². The molecule has 1 amide bonds. The van der Waals surface area contributed by atoms with Crippen molar-refractivity contribution in [2.24, 2.45) is 0 Å². The Hall–Kier alpha value is -3.77. The molecule has 0 radical (unpaired) electrons. The molecule has 5 rings (SSSR count). The summed E-state index contributed by atoms with van der Waals surface area (Å²) in [7, 11) is 0. The number of hydrogen-bond donors (Lipinski definition) is 1. The Balaban J connectivity index is 1.28. The fraction of sp³-hybridized carbons (Fsp3) is 0.148. The topological polar surface area (TPSA) is 68.0 Å². The molecule has 0 fully saturated rings. The molecule has 2 aromatic heterocycles. The van der Waals surface area contributed by atoms with Crippen LogP contribution in [0.25, 0.3) is 32.8 Å². The van der Waals surface area contributed by atoms with Gasteiger partial charge in [-0.15, -0.1) is 11.3 Å². The second-order valence-corrected chi connectivity index (χ2v) is 9.08. The number of hydrogen-bond acceptors (Lipinski definition) is 5. The molecule has 0 spiro atoms. The van der Waals surface area contributed by atoms with Crippen LogP contribution in [0.2, 0.25) is 0 Å². The zero-order valence-electron chi connectivity index (χ0n) is 18.7. The molecule has 6 heteroatoms. The third-order valence-corrected chi connectivity index (χ3v) is 6.71. The van der Waals surface area contributed by atoms with Crippen LogP contribution in [-0.2, 0) is 11.2 Å². The minimum Gasteiger partial charge on any atom is -0.356 e. The molecule has 0 saturated heterocycles. The number of carbonyl (C=O) groups excluding carboxylic acids is 1. The Morgan fingerprint density at radius 2 is 1.73 bits per heavy atom. The average molecular weight is 454 g/mol. The van der Waals surface area contributed by atoms with Crippen molar-refractivity contribution in [1.82, 2.24) is 10.1 Å². The number of anilines is 1. The van der Waals surface area contributed by atoms with E-state index in [9.17, 15) is 4.79 Å². The minimum absolute atomic E-state index is 0.133. The summed E-state index contributed by atoms with van der Waals surface area (Å²) in [6.45, 7) is 6.17. The zero-order valence-corrected chi connectivity index (χ0v) is 19.5. The van der Waals surface area contributed by atoms with Crippen LogP contribution >= 0.6 is 11.3 Å². The summed E-state index contributed by atoms with van der Waals surface area (Å²) in [6, 6.07) is 20.0. The molecule has 0 bridgehead atoms. The number of rotatable bonds is 5. The highest BCUT2D eigenvalue weighted by molar-refractivity contribution is 7.13. The first-order valence-corrected chi connectivity index (χ1v) is 11.6. The molecule has 3 aromatic carbocycles. The van der Waals surface area contributed by atoms with E-state index in [-0.39, 0.29) is 12.3 Å². The molecule has 1 N–H and O–H groups in total. The number of aromatic nitrogens is 2. The van der Waals surface area contributed by atoms with Gasteiger partial charge in [0.15, 0.2) is 5.58 Å². The van der Waals surface area contributed by atoms with Crippen molar-refractivity contribution >= 4 is 33.9 Å². The van der Waals surface area contributed by atoms with Gasteiger partial charge in [-0.1, -0.05) is 41.6 Å². The summed E-state index contributed by atoms with van der Waals surface area (Å²) < 4.78 is 5.41. The highest BCUT2D eigenvalue weighted by atomic mass is 32.1. The molecule has 0 atom stereocenters. The number of nitrogens with one attached hydrogen (secondary N) is 1. The van der Waals surface area contributed by atoms with E-state index in [1.54, 1.807) is 11.3 Å². The lowest BCUT2D eigenvalue weighted by molar-refractivity contribution is -0.115. The molecule has 33 heavy (non-hydrogen) atoms. The minimum atomic E-state index is -0.133. The van der Waals surface area contributed by atoms with Gasteiger partial charge in [-0.3, -0.25) is 4.79 Å². The number of carbonyl (C=O) groups is 1. The first kappa shape index (κ1) is 21.1. The van der Waals surface area contributed by atoms with Gasteiger partial charge in [0.2, 0.25) is 5.91 Å². The van der Waals surface area contributed by atoms with Crippen molar-refractivity contribution in [3.63, 3.8) is 0 Å². The highest BCUT2D eigenvalue weighted by Gasteiger charge is 2.14. The lowest BCUT2D eigenvalue weighted by Crippen LogP contribution is -2.14. The largest absolute Gasteiger partial charge is 0.356 e. The molecule has 0 aliphatic heterocycles. The molecular weight excluding hydrogens is 430 g/mol. The standard InChI is InChI=1S/C27H23N3O2S/c1-16-6-4-5-7-21(16)27-29-24(15-33-27)19-8-10-20(11-9-19)28-26(31)14-23-22-12-17(2)18(3)13-25(22)32-30-23/h4-13,15H,14H2,1-3H3,(H,28,31). The van der Waals surface area contributed by atoms with Crippen LogP contribution in [0.3, 0.4) is 0 Å². The van der Waals surface area contributed by atoms with E-state index in [4.69, 9.17) is 9.51 Å². The fourth-order valence-corrected chi connectivity index (χ4v) is 4.72. The van der Waals surface area contributed by atoms with Crippen molar-refractivity contribution in [1.29, 1.82) is 0 Å². The van der Waals surface area contributed by atoms with Gasteiger partial charge in [-0.25, -0.2) is 4.98 Å². The van der Waals surface area contributed by atoms with Crippen LogP contribution in [0.1, 0.15) is 22.4 Å². The van der Waals surface area contributed by atoms with Crippen molar-refractivity contribution in [2.45, 2.75) is 27.2 Å². The number of aryl methyl sites for hydroxylation is 3. The van der Waals surface area contributed by atoms with Crippen LogP contribution in [0.4, 0.5) is 5.69 Å². The summed E-state index contributed by atoms with van der Waals surface area (Å²) in [5.41, 5.74) is 8.68. The number of fused-ring (bicyclic) bond motifs is 1. The maximum atomic E-state index is 12.6. The van der Waals surface area contributed by atoms with E-state index >= 15 is 0 Å². The third-order valence-electron chi connectivity index (χ3n) is 5.83. The smallest absolute Gasteiger partial charge is 0.230 e. The van der Waals surface area contributed by atoms with Gasteiger partial charge in [0.05, 0.1) is 12.1 Å². The maximum Gasteiger partial charge on any atom is 0.230 e. The highest BCUT2D eigenvalue weighted by Crippen LogP contribution is 2.31. The monoisotopic (exact) mass is 453 g/mol. The Bertz CT molecular complexity index is 1460. The summed E-state index contributed by atoms with van der Waals surface area (Å²) in [6.07, 6.45) is 0.156. The lowest BCUT2D eigenvalue weighted by atomic mass is 10.1. The summed E-state index contributed by atoms with van der Waals surface area (Å²) >= 11 is 1.63. The average Bonchev–Trinajstić information content (AvgIpc) is 3.43. The molecule has 0 aliphatic carbocycles. The van der Waals surface area contributed by atoms with Crippen LogP contribution in [0.15, 0.2) is 70.6 Å². The van der Waals surface area contributed by atoms with Crippen LogP contribution < -0.4 is 5.32 Å². The van der Waals surface area contributed by atoms with Gasteiger partial charge in [-0.05, 0) is 61.7 Å². The molecule has 5 nitrogen and oxygen atoms in total. The first-order chi connectivity index (χ1) is 16.0. The van der Waals surface area contributed by atoms with Gasteiger partial charge in [0.25, 0.3) is 0 Å². The Kier molecular flexibility index (Phi) is 5.52. The zero-order chi connectivity index (χ0) is 22.9. The summed E-state index contributed by atoms with van der Waals surface area (Å²) in [5.74, 6) is -0.133. The molecule has 0 unspecified atom stereocenters. The summed E-state index contributed by atoms with van der Waals surface area (Å²) in [4.78, 5) is 17.4. The number of amides is 1. The predicted molar refractivity (Wildman–Crippen MR) is 134 cm³/mol. The van der Waals surface area contributed by atoms with Gasteiger partial charge >= 0.3 is 0 Å². The van der Waals surface area contributed by atoms with Crippen LogP contribution in [-0.4, -0.2) is 16.0 Å². The van der Waals surface area contributed by atoms with E-state index in [1.807, 2.05) is 62.4 Å². The third kappa shape index (κ3) is 4.30. The molecule has 0 saturated carbocycles. The molecular formula is C27H23N3O2S. The van der Waals surface area contributed by atoms with E-state index in [1.165, 1.54) is 5.56 Å². The molecule has 2 heterocycles. The number of benzene rings is 3. The Morgan fingerprint density at radius 1 is 0.970 bits per heavy atom. The van der Waals surface area contributed by atoms with Crippen molar-refractivity contribution < 1.29 is 9.32 Å². The Morgan fingerprint density at radius 3 is 2.52 bits per heavy atom. The van der Waals surface area contributed by atoms with Crippen molar-refractivity contribution in [3.8, 4) is 21.8 Å². The molecule has 0 aliphatic rings. The van der Waals surface area contributed by atoms with Gasteiger partial charge in [0, 0.05) is 27.6 Å². The summed E-state index contributed by atoms with van der Waals surface area (Å²) in [5, 5.41) is 11.0. The Labute approximate surface area is 196 Å². The SMILES string of the molecule is Cc1cc2onc(CC(=O)Nc3ccc(-c4csc(-c5ccccc5C)n4)cc3)c2cc1C. The molecule has 164 valence electrons.